The fraction of sp³-hybridized carbons (Fsp3) is 0.652. The van der Waals surface area contributed by atoms with Crippen LogP contribution in [0.2, 0.25) is 0 Å². The van der Waals surface area contributed by atoms with Gasteiger partial charge in [-0.25, -0.2) is 13.4 Å². The van der Waals surface area contributed by atoms with Crippen molar-refractivity contribution in [3.63, 3.8) is 0 Å². The lowest BCUT2D eigenvalue weighted by atomic mass is 10.1. The molecule has 0 spiro atoms. The zero-order valence-corrected chi connectivity index (χ0v) is 18.8. The van der Waals surface area contributed by atoms with E-state index in [1.165, 1.54) is 0 Å². The number of sulfone groups is 1. The maximum Gasteiger partial charge on any atom is 0.237 e. The normalized spacial score (nSPS) is 26.7. The number of amides is 1. The molecule has 0 N–H and O–H groups in total. The molecule has 2 aromatic rings. The minimum absolute atomic E-state index is 0.122. The number of carbonyl (C=O) groups excluding carboxylic acids is 1. The quantitative estimate of drug-likeness (QED) is 0.684. The van der Waals surface area contributed by atoms with Gasteiger partial charge < -0.3 is 9.47 Å². The second-order valence-electron chi connectivity index (χ2n) is 9.45. The third-order valence-electron chi connectivity index (χ3n) is 7.38. The minimum Gasteiger partial charge on any atom is -0.335 e. The van der Waals surface area contributed by atoms with Crippen molar-refractivity contribution in [2.75, 3.05) is 24.6 Å². The second kappa shape index (κ2) is 8.54. The molecular formula is C23H32N4O3S. The Labute approximate surface area is 184 Å². The van der Waals surface area contributed by atoms with Crippen LogP contribution in [0.25, 0.3) is 11.0 Å². The van der Waals surface area contributed by atoms with Crippen LogP contribution < -0.4 is 0 Å². The van der Waals surface area contributed by atoms with E-state index >= 15 is 0 Å². The summed E-state index contributed by atoms with van der Waals surface area (Å²) in [5.41, 5.74) is 2.13. The molecule has 31 heavy (non-hydrogen) atoms. The first kappa shape index (κ1) is 20.9. The van der Waals surface area contributed by atoms with Crippen molar-refractivity contribution in [1.29, 1.82) is 0 Å². The Morgan fingerprint density at radius 1 is 1.06 bits per heavy atom. The second-order valence-corrected chi connectivity index (χ2v) is 11.7. The van der Waals surface area contributed by atoms with E-state index in [1.807, 2.05) is 29.4 Å². The summed E-state index contributed by atoms with van der Waals surface area (Å²) in [5.74, 6) is 0.477. The molecule has 3 fully saturated rings. The van der Waals surface area contributed by atoms with Crippen LogP contribution in [0.15, 0.2) is 30.6 Å². The van der Waals surface area contributed by atoms with Crippen molar-refractivity contribution in [3.05, 3.63) is 30.6 Å². The SMILES string of the molecule is O=C(CN1CCC[C@H]1Cn1cnc2ccccc21)N(C1CCCC1)[C@@H]1CCS(=O)(=O)C1. The fourth-order valence-electron chi connectivity index (χ4n) is 5.83. The summed E-state index contributed by atoms with van der Waals surface area (Å²) in [6.45, 7) is 2.14. The molecule has 0 radical (unpaired) electrons. The molecule has 1 saturated carbocycles. The predicted octanol–water partition coefficient (Wildman–Crippen LogP) is 2.46. The molecule has 1 aromatic heterocycles. The average molecular weight is 445 g/mol. The first-order valence-corrected chi connectivity index (χ1v) is 13.5. The Morgan fingerprint density at radius 2 is 1.87 bits per heavy atom. The van der Waals surface area contributed by atoms with E-state index in [9.17, 15) is 13.2 Å². The lowest BCUT2D eigenvalue weighted by Gasteiger charge is -2.36. The van der Waals surface area contributed by atoms with Gasteiger partial charge >= 0.3 is 0 Å². The zero-order chi connectivity index (χ0) is 21.4. The van der Waals surface area contributed by atoms with Crippen LogP contribution >= 0.6 is 0 Å². The number of hydrogen-bond acceptors (Lipinski definition) is 5. The van der Waals surface area contributed by atoms with E-state index in [0.717, 1.165) is 62.6 Å². The van der Waals surface area contributed by atoms with Gasteiger partial charge in [-0.2, -0.15) is 0 Å². The molecule has 5 rings (SSSR count). The number of imidazole rings is 1. The number of aromatic nitrogens is 2. The van der Waals surface area contributed by atoms with Crippen molar-refractivity contribution < 1.29 is 13.2 Å². The van der Waals surface area contributed by atoms with E-state index < -0.39 is 9.84 Å². The number of para-hydroxylation sites is 2. The summed E-state index contributed by atoms with van der Waals surface area (Å²) in [6.07, 6.45) is 8.93. The van der Waals surface area contributed by atoms with E-state index in [-0.39, 0.29) is 29.5 Å². The van der Waals surface area contributed by atoms with Gasteiger partial charge in [-0.15, -0.1) is 0 Å². The van der Waals surface area contributed by atoms with Gasteiger partial charge in [0.05, 0.1) is 35.4 Å². The summed E-state index contributed by atoms with van der Waals surface area (Å²) in [7, 11) is -3.01. The van der Waals surface area contributed by atoms with Gasteiger partial charge in [-0.05, 0) is 50.8 Å². The lowest BCUT2D eigenvalue weighted by molar-refractivity contribution is -0.137. The highest BCUT2D eigenvalue weighted by molar-refractivity contribution is 7.91. The highest BCUT2D eigenvalue weighted by Gasteiger charge is 2.40. The number of benzene rings is 1. The first-order valence-electron chi connectivity index (χ1n) is 11.7. The van der Waals surface area contributed by atoms with Crippen LogP contribution in [-0.4, -0.2) is 76.4 Å². The van der Waals surface area contributed by atoms with Crippen LogP contribution in [0, 0.1) is 0 Å². The molecule has 1 aliphatic carbocycles. The first-order chi connectivity index (χ1) is 15.0. The molecule has 7 nitrogen and oxygen atoms in total. The summed E-state index contributed by atoms with van der Waals surface area (Å²) >= 11 is 0. The van der Waals surface area contributed by atoms with Crippen LogP contribution in [0.3, 0.4) is 0 Å². The van der Waals surface area contributed by atoms with Gasteiger partial charge in [0.15, 0.2) is 9.84 Å². The van der Waals surface area contributed by atoms with Gasteiger partial charge in [0.25, 0.3) is 0 Å². The molecule has 3 heterocycles. The Kier molecular flexibility index (Phi) is 5.77. The summed E-state index contributed by atoms with van der Waals surface area (Å²) in [4.78, 5) is 22.3. The smallest absolute Gasteiger partial charge is 0.237 e. The van der Waals surface area contributed by atoms with E-state index in [0.29, 0.717) is 19.0 Å². The summed E-state index contributed by atoms with van der Waals surface area (Å²) < 4.78 is 26.4. The molecule has 0 bridgehead atoms. The Bertz CT molecular complexity index is 1040. The fourth-order valence-corrected chi connectivity index (χ4v) is 7.54. The number of rotatable bonds is 6. The van der Waals surface area contributed by atoms with E-state index in [2.05, 4.69) is 20.5 Å². The Hall–Kier alpha value is -1.93. The van der Waals surface area contributed by atoms with Crippen molar-refractivity contribution in [2.45, 2.75) is 69.6 Å². The number of hydrogen-bond donors (Lipinski definition) is 0. The summed E-state index contributed by atoms with van der Waals surface area (Å²) in [6, 6.07) is 8.53. The monoisotopic (exact) mass is 444 g/mol. The molecule has 0 unspecified atom stereocenters. The van der Waals surface area contributed by atoms with Gasteiger partial charge in [0, 0.05) is 24.7 Å². The van der Waals surface area contributed by atoms with Crippen LogP contribution in [-0.2, 0) is 21.2 Å². The largest absolute Gasteiger partial charge is 0.335 e. The zero-order valence-electron chi connectivity index (χ0n) is 18.0. The van der Waals surface area contributed by atoms with E-state index in [1.54, 1.807) is 0 Å². The van der Waals surface area contributed by atoms with Crippen LogP contribution in [0.4, 0.5) is 0 Å². The molecule has 2 atom stereocenters. The van der Waals surface area contributed by atoms with Crippen molar-refractivity contribution in [3.8, 4) is 0 Å². The number of likely N-dealkylation sites (tertiary alicyclic amines) is 1. The molecule has 2 aliphatic heterocycles. The highest BCUT2D eigenvalue weighted by Crippen LogP contribution is 2.30. The number of nitrogens with zero attached hydrogens (tertiary/aromatic N) is 4. The Balaban J connectivity index is 1.30. The van der Waals surface area contributed by atoms with Gasteiger partial charge in [0.2, 0.25) is 5.91 Å². The average Bonchev–Trinajstić information content (AvgIpc) is 3.53. The molecular weight excluding hydrogens is 412 g/mol. The summed E-state index contributed by atoms with van der Waals surface area (Å²) in [5, 5.41) is 0. The van der Waals surface area contributed by atoms with Crippen LogP contribution in [0.5, 0.6) is 0 Å². The maximum absolute atomic E-state index is 13.5. The maximum atomic E-state index is 13.5. The van der Waals surface area contributed by atoms with Gasteiger partial charge in [-0.3, -0.25) is 9.69 Å². The van der Waals surface area contributed by atoms with Crippen molar-refractivity contribution >= 4 is 26.8 Å². The van der Waals surface area contributed by atoms with Crippen molar-refractivity contribution in [2.24, 2.45) is 0 Å². The molecule has 3 aliphatic rings. The number of carbonyl (C=O) groups is 1. The molecule has 2 saturated heterocycles. The Morgan fingerprint density at radius 3 is 2.65 bits per heavy atom. The molecule has 1 aromatic carbocycles. The van der Waals surface area contributed by atoms with E-state index in [4.69, 9.17) is 0 Å². The predicted molar refractivity (Wildman–Crippen MR) is 120 cm³/mol. The molecule has 8 heteroatoms. The van der Waals surface area contributed by atoms with Crippen molar-refractivity contribution in [1.82, 2.24) is 19.4 Å². The molecule has 1 amide bonds. The standard InChI is InChI=1S/C23H32N4O3S/c28-23(27(18-6-1-2-7-18)20-11-13-31(29,30)16-20)15-25-12-5-8-19(25)14-26-17-24-21-9-3-4-10-22(21)26/h3-4,9-10,17-20H,1-2,5-8,11-16H2/t19-,20+/m0/s1. The lowest BCUT2D eigenvalue weighted by Crippen LogP contribution is -2.51. The highest BCUT2D eigenvalue weighted by atomic mass is 32.2. The van der Waals surface area contributed by atoms with Gasteiger partial charge in [-0.1, -0.05) is 25.0 Å². The third kappa shape index (κ3) is 4.37. The topological polar surface area (TPSA) is 75.5 Å². The minimum atomic E-state index is -3.01. The van der Waals surface area contributed by atoms with Gasteiger partial charge in [0.1, 0.15) is 0 Å². The molecule has 168 valence electrons. The third-order valence-corrected chi connectivity index (χ3v) is 9.13. The number of fused-ring (bicyclic) bond motifs is 1. The van der Waals surface area contributed by atoms with Crippen LogP contribution in [0.1, 0.15) is 44.9 Å².